The van der Waals surface area contributed by atoms with E-state index in [9.17, 15) is 28.2 Å². The lowest BCUT2D eigenvalue weighted by molar-refractivity contribution is -0.232. The largest absolute Gasteiger partial charge is 0.417 e. The van der Waals surface area contributed by atoms with Crippen molar-refractivity contribution in [3.05, 3.63) is 54.7 Å². The van der Waals surface area contributed by atoms with Crippen molar-refractivity contribution >= 4 is 32.6 Å². The number of aromatic nitrogens is 4. The fraction of sp³-hybridized carbons (Fsp3) is 0.190. The molecule has 0 saturated heterocycles. The molecule has 0 radical (unpaired) electrons. The highest BCUT2D eigenvalue weighted by Crippen LogP contribution is 2.38. The molecule has 0 bridgehead atoms. The van der Waals surface area contributed by atoms with E-state index in [0.29, 0.717) is 27.5 Å². The van der Waals surface area contributed by atoms with E-state index in [1.165, 1.54) is 30.7 Å². The van der Waals surface area contributed by atoms with Crippen LogP contribution in [0.1, 0.15) is 18.9 Å². The number of anilines is 1. The molecule has 1 aromatic carbocycles. The molecule has 0 saturated carbocycles. The first-order chi connectivity index (χ1) is 15.6. The van der Waals surface area contributed by atoms with Gasteiger partial charge in [-0.2, -0.15) is 13.2 Å². The van der Waals surface area contributed by atoms with Crippen LogP contribution in [0.3, 0.4) is 0 Å². The van der Waals surface area contributed by atoms with Gasteiger partial charge < -0.3 is 15.5 Å². The average molecular weight is 475 g/mol. The van der Waals surface area contributed by atoms with Crippen LogP contribution >= 0.6 is 11.3 Å². The zero-order valence-electron chi connectivity index (χ0n) is 16.9. The maximum atomic E-state index is 12.7. The van der Waals surface area contributed by atoms with E-state index in [1.54, 1.807) is 24.4 Å². The first kappa shape index (κ1) is 22.7. The number of halogens is 3. The van der Waals surface area contributed by atoms with Crippen LogP contribution < -0.4 is 5.32 Å². The maximum absolute atomic E-state index is 12.7. The lowest BCUT2D eigenvalue weighted by Gasteiger charge is -2.19. The summed E-state index contributed by atoms with van der Waals surface area (Å²) >= 11 is 1.28. The van der Waals surface area contributed by atoms with Crippen molar-refractivity contribution in [1.29, 1.82) is 0 Å². The summed E-state index contributed by atoms with van der Waals surface area (Å²) in [7, 11) is 0. The van der Waals surface area contributed by atoms with Gasteiger partial charge in [-0.15, -0.1) is 0 Å². The van der Waals surface area contributed by atoms with E-state index in [-0.39, 0.29) is 5.91 Å². The lowest BCUT2D eigenvalue weighted by atomic mass is 10.0. The molecule has 0 spiro atoms. The number of rotatable bonds is 5. The molecule has 0 aliphatic carbocycles. The molecule has 4 aromatic rings. The van der Waals surface area contributed by atoms with Gasteiger partial charge in [0.25, 0.3) is 0 Å². The molecular formula is C21H16F3N5O3S. The minimum Gasteiger partial charge on any atom is -0.382 e. The van der Waals surface area contributed by atoms with Gasteiger partial charge in [-0.3, -0.25) is 9.78 Å². The number of pyridine rings is 1. The number of hydrogen-bond donors (Lipinski definition) is 3. The highest BCUT2D eigenvalue weighted by molar-refractivity contribution is 7.22. The van der Waals surface area contributed by atoms with Crippen LogP contribution in [-0.2, 0) is 4.79 Å². The van der Waals surface area contributed by atoms with Crippen molar-refractivity contribution in [2.24, 2.45) is 0 Å². The predicted molar refractivity (Wildman–Crippen MR) is 115 cm³/mol. The zero-order chi connectivity index (χ0) is 23.8. The van der Waals surface area contributed by atoms with E-state index < -0.39 is 24.2 Å². The Labute approximate surface area is 188 Å². The van der Waals surface area contributed by atoms with Crippen LogP contribution in [0.25, 0.3) is 32.6 Å². The third-order valence-corrected chi connectivity index (χ3v) is 5.64. The van der Waals surface area contributed by atoms with Crippen molar-refractivity contribution < 1.29 is 28.2 Å². The molecule has 0 fully saturated rings. The Morgan fingerprint density at radius 2 is 1.82 bits per heavy atom. The Kier molecular flexibility index (Phi) is 6.06. The highest BCUT2D eigenvalue weighted by atomic mass is 32.1. The van der Waals surface area contributed by atoms with Crippen LogP contribution in [0.5, 0.6) is 0 Å². The number of nitrogens with one attached hydrogen (secondary N) is 1. The average Bonchev–Trinajstić information content (AvgIpc) is 3.19. The van der Waals surface area contributed by atoms with Crippen LogP contribution in [0.4, 0.5) is 18.3 Å². The second kappa shape index (κ2) is 8.81. The number of carbonyl (C=O) groups is 1. The molecule has 0 aliphatic rings. The number of hydrogen-bond acceptors (Lipinski definition) is 8. The number of fused-ring (bicyclic) bond motifs is 1. The molecule has 2 unspecified atom stereocenters. The lowest BCUT2D eigenvalue weighted by Crippen LogP contribution is -2.35. The van der Waals surface area contributed by atoms with Crippen molar-refractivity contribution in [2.75, 3.05) is 5.32 Å². The summed E-state index contributed by atoms with van der Waals surface area (Å²) in [5, 5.41) is 22.0. The van der Waals surface area contributed by atoms with E-state index in [4.69, 9.17) is 0 Å². The number of carbonyl (C=O) groups excluding carboxylic acids is 1. The van der Waals surface area contributed by atoms with Crippen LogP contribution in [0, 0.1) is 0 Å². The molecule has 170 valence electrons. The van der Waals surface area contributed by atoms with Gasteiger partial charge in [-0.25, -0.2) is 15.0 Å². The number of alkyl halides is 3. The summed E-state index contributed by atoms with van der Waals surface area (Å²) in [4.78, 5) is 27.9. The molecule has 0 aliphatic heterocycles. The molecule has 12 heteroatoms. The summed E-state index contributed by atoms with van der Waals surface area (Å²) in [6.07, 6.45) is -6.20. The molecule has 3 aromatic heterocycles. The second-order valence-corrected chi connectivity index (χ2v) is 8.05. The number of aliphatic hydroxyl groups is 2. The van der Waals surface area contributed by atoms with Crippen molar-refractivity contribution in [1.82, 2.24) is 19.9 Å². The third-order valence-electron chi connectivity index (χ3n) is 4.62. The molecular weight excluding hydrogens is 459 g/mol. The molecule has 4 rings (SSSR count). The highest BCUT2D eigenvalue weighted by Gasteiger charge is 2.44. The van der Waals surface area contributed by atoms with Crippen molar-refractivity contribution in [2.45, 2.75) is 25.3 Å². The van der Waals surface area contributed by atoms with E-state index in [0.717, 1.165) is 10.3 Å². The van der Waals surface area contributed by atoms with E-state index >= 15 is 0 Å². The summed E-state index contributed by atoms with van der Waals surface area (Å²) < 4.78 is 38.8. The number of aliphatic hydroxyl groups excluding tert-OH is 2. The summed E-state index contributed by atoms with van der Waals surface area (Å²) in [6.45, 7) is 1.38. The minimum absolute atomic E-state index is 0.266. The first-order valence-corrected chi connectivity index (χ1v) is 10.3. The predicted octanol–water partition coefficient (Wildman–Crippen LogP) is 3.73. The molecule has 8 nitrogen and oxygen atoms in total. The summed E-state index contributed by atoms with van der Waals surface area (Å²) in [5.74, 6) is -0.825. The van der Waals surface area contributed by atoms with Gasteiger partial charge in [-0.05, 0) is 29.8 Å². The zero-order valence-corrected chi connectivity index (χ0v) is 17.7. The van der Waals surface area contributed by atoms with E-state index in [1.807, 2.05) is 12.1 Å². The molecule has 2 atom stereocenters. The SMILES string of the molecule is CC(=O)Nc1nc2cc(-c3cnc(C(O)C(O)C(F)(F)F)nc3)cc(-c3ccccn3)c2s1. The molecule has 33 heavy (non-hydrogen) atoms. The normalized spacial score (nSPS) is 13.6. The quantitative estimate of drug-likeness (QED) is 0.402. The van der Waals surface area contributed by atoms with Gasteiger partial charge in [0.1, 0.15) is 6.10 Å². The fourth-order valence-corrected chi connectivity index (χ4v) is 4.09. The Morgan fingerprint density at radius 3 is 2.42 bits per heavy atom. The minimum atomic E-state index is -5.01. The Bertz CT molecular complexity index is 1300. The standard InChI is InChI=1S/C21H16F3N5O3S/c1-10(30)28-20-29-15-7-11(6-13(17(15)33-20)14-4-2-3-5-25-14)12-8-26-19(27-9-12)16(31)18(32)21(22,23)24/h2-9,16,18,31-32H,1H3,(H,28,29,30). The van der Waals surface area contributed by atoms with Crippen molar-refractivity contribution in [3.63, 3.8) is 0 Å². The van der Waals surface area contributed by atoms with Crippen LogP contribution in [-0.4, -0.2) is 48.3 Å². The van der Waals surface area contributed by atoms with Crippen LogP contribution in [0.2, 0.25) is 0 Å². The van der Waals surface area contributed by atoms with Gasteiger partial charge in [-0.1, -0.05) is 17.4 Å². The van der Waals surface area contributed by atoms with Gasteiger partial charge in [0.05, 0.1) is 15.9 Å². The van der Waals surface area contributed by atoms with Crippen molar-refractivity contribution in [3.8, 4) is 22.4 Å². The number of nitrogens with zero attached hydrogens (tertiary/aromatic N) is 4. The van der Waals surface area contributed by atoms with Gasteiger partial charge in [0.2, 0.25) is 5.91 Å². The maximum Gasteiger partial charge on any atom is 0.417 e. The fourth-order valence-electron chi connectivity index (χ4n) is 3.08. The summed E-state index contributed by atoms with van der Waals surface area (Å²) in [6, 6.07) is 8.93. The van der Waals surface area contributed by atoms with Gasteiger partial charge >= 0.3 is 6.18 Å². The Hall–Kier alpha value is -3.48. The molecule has 3 heterocycles. The summed E-state index contributed by atoms with van der Waals surface area (Å²) in [5.41, 5.74) is 3.00. The Balaban J connectivity index is 1.77. The molecule has 3 N–H and O–H groups in total. The van der Waals surface area contributed by atoms with Crippen LogP contribution in [0.15, 0.2) is 48.9 Å². The van der Waals surface area contributed by atoms with E-state index in [2.05, 4.69) is 25.3 Å². The topological polar surface area (TPSA) is 121 Å². The monoisotopic (exact) mass is 475 g/mol. The third kappa shape index (κ3) is 4.82. The first-order valence-electron chi connectivity index (χ1n) is 9.52. The number of amides is 1. The smallest absolute Gasteiger partial charge is 0.382 e. The Morgan fingerprint density at radius 1 is 1.09 bits per heavy atom. The number of benzene rings is 1. The van der Waals surface area contributed by atoms with Gasteiger partial charge in [0.15, 0.2) is 17.1 Å². The van der Waals surface area contributed by atoms with Gasteiger partial charge in [0, 0.05) is 36.6 Å². The molecule has 1 amide bonds. The number of thiazole rings is 1. The second-order valence-electron chi connectivity index (χ2n) is 7.05.